The van der Waals surface area contributed by atoms with E-state index in [-0.39, 0.29) is 18.2 Å². The molecule has 1 N–H and O–H groups in total. The van der Waals surface area contributed by atoms with E-state index in [1.54, 1.807) is 45.0 Å². The van der Waals surface area contributed by atoms with Crippen LogP contribution in [-0.2, 0) is 4.79 Å². The van der Waals surface area contributed by atoms with E-state index in [1.807, 2.05) is 6.92 Å². The largest absolute Gasteiger partial charge is 0.494 e. The molecule has 0 spiro atoms. The van der Waals surface area contributed by atoms with Crippen molar-refractivity contribution in [2.24, 2.45) is 5.92 Å². The lowest BCUT2D eigenvalue weighted by Gasteiger charge is -2.29. The van der Waals surface area contributed by atoms with Crippen molar-refractivity contribution < 1.29 is 23.1 Å². The minimum absolute atomic E-state index is 0.214. The second-order valence-electron chi connectivity index (χ2n) is 6.83. The van der Waals surface area contributed by atoms with Gasteiger partial charge in [0.05, 0.1) is 6.61 Å². The molecule has 2 aromatic carbocycles. The highest BCUT2D eigenvalue weighted by atomic mass is 19.2. The Hall–Kier alpha value is -2.96. The van der Waals surface area contributed by atoms with Crippen LogP contribution in [-0.4, -0.2) is 31.0 Å². The molecule has 2 aromatic rings. The van der Waals surface area contributed by atoms with Crippen LogP contribution in [0.25, 0.3) is 0 Å². The minimum atomic E-state index is -1.03. The van der Waals surface area contributed by atoms with E-state index in [4.69, 9.17) is 4.74 Å². The summed E-state index contributed by atoms with van der Waals surface area (Å²) in [7, 11) is 0. The number of carbonyl (C=O) groups is 2. The molecule has 5 nitrogen and oxygen atoms in total. The Morgan fingerprint density at radius 1 is 1.03 bits per heavy atom. The summed E-state index contributed by atoms with van der Waals surface area (Å²) in [6.07, 6.45) is 0. The van der Waals surface area contributed by atoms with Crippen molar-refractivity contribution in [1.29, 1.82) is 0 Å². The molecule has 0 radical (unpaired) electrons. The number of halogens is 2. The third-order valence-corrected chi connectivity index (χ3v) is 4.44. The first-order valence-electron chi connectivity index (χ1n) is 9.58. The van der Waals surface area contributed by atoms with E-state index in [1.165, 1.54) is 11.0 Å². The second-order valence-corrected chi connectivity index (χ2v) is 6.83. The summed E-state index contributed by atoms with van der Waals surface area (Å²) in [6.45, 7) is 7.97. The number of rotatable bonds is 8. The highest BCUT2D eigenvalue weighted by Gasteiger charge is 2.29. The zero-order chi connectivity index (χ0) is 21.6. The number of likely N-dealkylation sites (N-methyl/N-ethyl adjacent to an activating group) is 1. The zero-order valence-corrected chi connectivity index (χ0v) is 17.0. The third-order valence-electron chi connectivity index (χ3n) is 4.44. The van der Waals surface area contributed by atoms with Gasteiger partial charge >= 0.3 is 0 Å². The predicted octanol–water partition coefficient (Wildman–Crippen LogP) is 4.17. The summed E-state index contributed by atoms with van der Waals surface area (Å²) >= 11 is 0. The summed E-state index contributed by atoms with van der Waals surface area (Å²) in [5, 5.41) is 2.76. The summed E-state index contributed by atoms with van der Waals surface area (Å²) in [6, 6.07) is 9.07. The molecule has 0 saturated heterocycles. The number of nitrogens with zero attached hydrogens (tertiary/aromatic N) is 1. The van der Waals surface area contributed by atoms with Gasteiger partial charge in [-0.3, -0.25) is 9.59 Å². The van der Waals surface area contributed by atoms with Crippen molar-refractivity contribution in [1.82, 2.24) is 5.32 Å². The number of hydrogen-bond donors (Lipinski definition) is 1. The number of hydrogen-bond acceptors (Lipinski definition) is 3. The molecule has 7 heteroatoms. The number of carbonyl (C=O) groups excluding carboxylic acids is 2. The fourth-order valence-electron chi connectivity index (χ4n) is 2.89. The lowest BCUT2D eigenvalue weighted by molar-refractivity contribution is -0.121. The molecule has 2 rings (SSSR count). The summed E-state index contributed by atoms with van der Waals surface area (Å²) in [5.74, 6) is -2.38. The first-order valence-corrected chi connectivity index (χ1v) is 9.58. The SMILES string of the molecule is CCOc1ccc(C(=O)NC(C(=O)N(CC)c2ccc(F)c(F)c2)C(C)C)cc1. The summed E-state index contributed by atoms with van der Waals surface area (Å²) < 4.78 is 32.2. The molecule has 1 unspecified atom stereocenters. The van der Waals surface area contributed by atoms with E-state index in [0.29, 0.717) is 17.9 Å². The van der Waals surface area contributed by atoms with Gasteiger partial charge in [-0.2, -0.15) is 0 Å². The predicted molar refractivity (Wildman–Crippen MR) is 108 cm³/mol. The van der Waals surface area contributed by atoms with Crippen LogP contribution in [0.4, 0.5) is 14.5 Å². The summed E-state index contributed by atoms with van der Waals surface area (Å²) in [4.78, 5) is 27.1. The van der Waals surface area contributed by atoms with Gasteiger partial charge in [0.15, 0.2) is 11.6 Å². The molecule has 0 aromatic heterocycles. The molecule has 1 atom stereocenters. The Labute approximate surface area is 169 Å². The molecule has 0 aliphatic carbocycles. The van der Waals surface area contributed by atoms with Crippen molar-refractivity contribution in [2.75, 3.05) is 18.1 Å². The Balaban J connectivity index is 2.21. The van der Waals surface area contributed by atoms with Crippen molar-refractivity contribution in [2.45, 2.75) is 33.7 Å². The first-order chi connectivity index (χ1) is 13.8. The molecule has 0 aliphatic rings. The van der Waals surface area contributed by atoms with Gasteiger partial charge in [-0.15, -0.1) is 0 Å². The van der Waals surface area contributed by atoms with Crippen LogP contribution in [0.2, 0.25) is 0 Å². The topological polar surface area (TPSA) is 58.6 Å². The molecule has 0 saturated carbocycles. The molecular weight excluding hydrogens is 378 g/mol. The molecular formula is C22H26F2N2O3. The van der Waals surface area contributed by atoms with Crippen LogP contribution < -0.4 is 15.0 Å². The van der Waals surface area contributed by atoms with E-state index < -0.39 is 29.5 Å². The van der Waals surface area contributed by atoms with Crippen molar-refractivity contribution in [3.63, 3.8) is 0 Å². The quantitative estimate of drug-likeness (QED) is 0.718. The van der Waals surface area contributed by atoms with Crippen LogP contribution in [0.15, 0.2) is 42.5 Å². The number of benzene rings is 2. The first kappa shape index (κ1) is 22.3. The van der Waals surface area contributed by atoms with Crippen molar-refractivity contribution in [3.05, 3.63) is 59.7 Å². The molecule has 0 bridgehead atoms. The van der Waals surface area contributed by atoms with Gasteiger partial charge in [0.2, 0.25) is 5.91 Å². The molecule has 2 amide bonds. The Kier molecular flexibility index (Phi) is 7.70. The molecule has 0 heterocycles. The second kappa shape index (κ2) is 10.0. The van der Waals surface area contributed by atoms with Crippen molar-refractivity contribution >= 4 is 17.5 Å². The molecule has 0 aliphatic heterocycles. The maximum absolute atomic E-state index is 13.6. The Bertz CT molecular complexity index is 854. The van der Waals surface area contributed by atoms with Gasteiger partial charge in [-0.1, -0.05) is 13.8 Å². The smallest absolute Gasteiger partial charge is 0.251 e. The maximum Gasteiger partial charge on any atom is 0.251 e. The minimum Gasteiger partial charge on any atom is -0.494 e. The zero-order valence-electron chi connectivity index (χ0n) is 17.0. The van der Waals surface area contributed by atoms with E-state index in [2.05, 4.69) is 5.32 Å². The highest BCUT2D eigenvalue weighted by Crippen LogP contribution is 2.20. The number of amides is 2. The van der Waals surface area contributed by atoms with Gasteiger partial charge in [-0.25, -0.2) is 8.78 Å². The van der Waals surface area contributed by atoms with Crippen LogP contribution in [0.3, 0.4) is 0 Å². The van der Waals surface area contributed by atoms with Gasteiger partial charge in [0, 0.05) is 23.9 Å². The van der Waals surface area contributed by atoms with Gasteiger partial charge in [0.1, 0.15) is 11.8 Å². The number of anilines is 1. The fraction of sp³-hybridized carbons (Fsp3) is 0.364. The van der Waals surface area contributed by atoms with Crippen LogP contribution in [0, 0.1) is 17.6 Å². The van der Waals surface area contributed by atoms with Crippen LogP contribution in [0.1, 0.15) is 38.1 Å². The summed E-state index contributed by atoms with van der Waals surface area (Å²) in [5.41, 5.74) is 0.625. The van der Waals surface area contributed by atoms with Gasteiger partial charge < -0.3 is 15.0 Å². The number of ether oxygens (including phenoxy) is 1. The van der Waals surface area contributed by atoms with E-state index in [9.17, 15) is 18.4 Å². The molecule has 29 heavy (non-hydrogen) atoms. The third kappa shape index (κ3) is 5.53. The average Bonchev–Trinajstić information content (AvgIpc) is 2.69. The fourth-order valence-corrected chi connectivity index (χ4v) is 2.89. The Morgan fingerprint density at radius 2 is 1.69 bits per heavy atom. The van der Waals surface area contributed by atoms with Gasteiger partial charge in [0.25, 0.3) is 5.91 Å². The highest BCUT2D eigenvalue weighted by molar-refractivity contribution is 6.02. The number of nitrogens with one attached hydrogen (secondary N) is 1. The van der Waals surface area contributed by atoms with Crippen LogP contribution >= 0.6 is 0 Å². The maximum atomic E-state index is 13.6. The molecule has 0 fully saturated rings. The average molecular weight is 404 g/mol. The van der Waals surface area contributed by atoms with E-state index >= 15 is 0 Å². The Morgan fingerprint density at radius 3 is 2.21 bits per heavy atom. The lowest BCUT2D eigenvalue weighted by Crippen LogP contribution is -2.51. The van der Waals surface area contributed by atoms with Gasteiger partial charge in [-0.05, 0) is 56.2 Å². The monoisotopic (exact) mass is 404 g/mol. The standard InChI is InChI=1S/C22H26F2N2O3/c1-5-26(16-9-12-18(23)19(24)13-16)22(28)20(14(3)4)25-21(27)15-7-10-17(11-8-15)29-6-2/h7-14,20H,5-6H2,1-4H3,(H,25,27). The lowest BCUT2D eigenvalue weighted by atomic mass is 10.0. The van der Waals surface area contributed by atoms with Crippen LogP contribution in [0.5, 0.6) is 5.75 Å². The molecule has 156 valence electrons. The van der Waals surface area contributed by atoms with E-state index in [0.717, 1.165) is 12.1 Å². The normalized spacial score (nSPS) is 11.8. The van der Waals surface area contributed by atoms with Crippen molar-refractivity contribution in [3.8, 4) is 5.75 Å².